The van der Waals surface area contributed by atoms with Crippen LogP contribution < -0.4 is 0 Å². The van der Waals surface area contributed by atoms with Gasteiger partial charge in [-0.3, -0.25) is 14.2 Å². The number of hydrogen-bond donors (Lipinski definition) is 0. The fraction of sp³-hybridized carbons (Fsp3) is 0.632. The van der Waals surface area contributed by atoms with Crippen molar-refractivity contribution in [2.24, 2.45) is 20.0 Å². The molecule has 2 aromatic heterocycles. The van der Waals surface area contributed by atoms with E-state index in [0.29, 0.717) is 30.5 Å². The summed E-state index contributed by atoms with van der Waals surface area (Å²) < 4.78 is 3.53. The van der Waals surface area contributed by atoms with Gasteiger partial charge < -0.3 is 4.90 Å². The van der Waals surface area contributed by atoms with Gasteiger partial charge in [0.2, 0.25) is 5.91 Å². The predicted octanol–water partition coefficient (Wildman–Crippen LogP) is 3.61. The second kappa shape index (κ2) is 8.25. The van der Waals surface area contributed by atoms with Crippen molar-refractivity contribution < 1.29 is 4.79 Å². The molecule has 26 heavy (non-hydrogen) atoms. The van der Waals surface area contributed by atoms with Crippen LogP contribution in [0.3, 0.4) is 0 Å². The van der Waals surface area contributed by atoms with Crippen LogP contribution in [0.1, 0.15) is 55.6 Å². The van der Waals surface area contributed by atoms with Gasteiger partial charge in [0, 0.05) is 32.4 Å². The molecule has 0 atom stereocenters. The van der Waals surface area contributed by atoms with E-state index >= 15 is 0 Å². The van der Waals surface area contributed by atoms with Crippen LogP contribution >= 0.6 is 11.6 Å². The molecule has 7 heteroatoms. The number of carbonyl (C=O) groups is 1. The Bertz CT molecular complexity index is 741. The summed E-state index contributed by atoms with van der Waals surface area (Å²) in [5, 5.41) is 9.52. The Morgan fingerprint density at radius 1 is 1.23 bits per heavy atom. The Hall–Kier alpha value is -1.82. The largest absolute Gasteiger partial charge is 0.331 e. The SMILES string of the molecule is Cc1cc(CN(Cc2nn(C)cc2Cl)C(=O)CC2CCCCC2)nn1C. The summed E-state index contributed by atoms with van der Waals surface area (Å²) in [6.45, 7) is 2.92. The molecule has 0 radical (unpaired) electrons. The Morgan fingerprint density at radius 3 is 2.54 bits per heavy atom. The lowest BCUT2D eigenvalue weighted by Crippen LogP contribution is -2.32. The van der Waals surface area contributed by atoms with E-state index in [0.717, 1.165) is 29.9 Å². The summed E-state index contributed by atoms with van der Waals surface area (Å²) in [4.78, 5) is 14.9. The van der Waals surface area contributed by atoms with Gasteiger partial charge in [-0.2, -0.15) is 10.2 Å². The highest BCUT2D eigenvalue weighted by atomic mass is 35.5. The Morgan fingerprint density at radius 2 is 1.96 bits per heavy atom. The van der Waals surface area contributed by atoms with Gasteiger partial charge in [-0.15, -0.1) is 0 Å². The molecule has 1 amide bonds. The van der Waals surface area contributed by atoms with Gasteiger partial charge in [0.05, 0.1) is 23.8 Å². The topological polar surface area (TPSA) is 56.0 Å². The minimum Gasteiger partial charge on any atom is -0.331 e. The first-order valence-electron chi connectivity index (χ1n) is 9.37. The van der Waals surface area contributed by atoms with Crippen molar-refractivity contribution in [3.05, 3.63) is 34.4 Å². The molecule has 1 aliphatic rings. The minimum atomic E-state index is 0.168. The van der Waals surface area contributed by atoms with Gasteiger partial charge in [0.1, 0.15) is 5.69 Å². The number of halogens is 1. The summed E-state index contributed by atoms with van der Waals surface area (Å²) in [7, 11) is 3.76. The molecule has 0 spiro atoms. The monoisotopic (exact) mass is 377 g/mol. The van der Waals surface area contributed by atoms with Crippen molar-refractivity contribution in [1.82, 2.24) is 24.5 Å². The second-order valence-electron chi connectivity index (χ2n) is 7.46. The summed E-state index contributed by atoms with van der Waals surface area (Å²) in [5.41, 5.74) is 2.71. The maximum absolute atomic E-state index is 13.0. The normalized spacial score (nSPS) is 15.4. The fourth-order valence-electron chi connectivity index (χ4n) is 3.70. The van der Waals surface area contributed by atoms with Gasteiger partial charge in [0.25, 0.3) is 0 Å². The zero-order valence-corrected chi connectivity index (χ0v) is 16.7. The third-order valence-corrected chi connectivity index (χ3v) is 5.57. The Labute approximate surface area is 160 Å². The average molecular weight is 378 g/mol. The van der Waals surface area contributed by atoms with Crippen LogP contribution in [0.15, 0.2) is 12.3 Å². The van der Waals surface area contributed by atoms with Crippen molar-refractivity contribution in [2.45, 2.75) is 58.5 Å². The molecular formula is C19H28ClN5O. The number of aryl methyl sites for hydroxylation is 3. The molecule has 0 aromatic carbocycles. The molecule has 6 nitrogen and oxygen atoms in total. The second-order valence-corrected chi connectivity index (χ2v) is 7.86. The smallest absolute Gasteiger partial charge is 0.223 e. The van der Waals surface area contributed by atoms with Crippen molar-refractivity contribution in [2.75, 3.05) is 0 Å². The molecule has 2 aromatic rings. The maximum Gasteiger partial charge on any atom is 0.223 e. The van der Waals surface area contributed by atoms with Crippen LogP contribution in [0.2, 0.25) is 5.02 Å². The number of carbonyl (C=O) groups excluding carboxylic acids is 1. The molecule has 142 valence electrons. The molecule has 0 N–H and O–H groups in total. The molecule has 1 saturated carbocycles. The van der Waals surface area contributed by atoms with Crippen molar-refractivity contribution in [1.29, 1.82) is 0 Å². The third kappa shape index (κ3) is 4.67. The molecule has 2 heterocycles. The molecular weight excluding hydrogens is 350 g/mol. The highest BCUT2D eigenvalue weighted by molar-refractivity contribution is 6.31. The Balaban J connectivity index is 1.75. The molecule has 0 saturated heterocycles. The number of hydrogen-bond acceptors (Lipinski definition) is 3. The van der Waals surface area contributed by atoms with E-state index in [1.165, 1.54) is 19.3 Å². The van der Waals surface area contributed by atoms with Gasteiger partial charge >= 0.3 is 0 Å². The van der Waals surface area contributed by atoms with Crippen molar-refractivity contribution >= 4 is 17.5 Å². The Kier molecular flexibility index (Phi) is 6.01. The molecule has 1 fully saturated rings. The molecule has 0 bridgehead atoms. The van der Waals surface area contributed by atoms with E-state index in [2.05, 4.69) is 10.2 Å². The molecule has 1 aliphatic carbocycles. The van der Waals surface area contributed by atoms with Gasteiger partial charge in [0.15, 0.2) is 0 Å². The highest BCUT2D eigenvalue weighted by Crippen LogP contribution is 2.27. The minimum absolute atomic E-state index is 0.168. The van der Waals surface area contributed by atoms with Gasteiger partial charge in [-0.05, 0) is 31.7 Å². The molecule has 3 rings (SSSR count). The van der Waals surface area contributed by atoms with Crippen LogP contribution in [0, 0.1) is 12.8 Å². The lowest BCUT2D eigenvalue weighted by molar-refractivity contribution is -0.133. The summed E-state index contributed by atoms with van der Waals surface area (Å²) >= 11 is 6.28. The van der Waals surface area contributed by atoms with Crippen LogP contribution in [-0.4, -0.2) is 30.4 Å². The van der Waals surface area contributed by atoms with E-state index in [-0.39, 0.29) is 5.91 Å². The van der Waals surface area contributed by atoms with Gasteiger partial charge in [-0.25, -0.2) is 0 Å². The predicted molar refractivity (Wildman–Crippen MR) is 102 cm³/mol. The zero-order valence-electron chi connectivity index (χ0n) is 15.9. The first kappa shape index (κ1) is 19.0. The lowest BCUT2D eigenvalue weighted by atomic mass is 9.86. The van der Waals surface area contributed by atoms with E-state index < -0.39 is 0 Å². The number of nitrogens with zero attached hydrogens (tertiary/aromatic N) is 5. The molecule has 0 aliphatic heterocycles. The summed E-state index contributed by atoms with van der Waals surface area (Å²) in [6.07, 6.45) is 8.47. The van der Waals surface area contributed by atoms with Crippen molar-refractivity contribution in [3.8, 4) is 0 Å². The molecule has 0 unspecified atom stereocenters. The standard InChI is InChI=1S/C19H28ClN5O/c1-14-9-16(21-24(14)3)11-25(13-18-17(20)12-23(2)22-18)19(26)10-15-7-5-4-6-8-15/h9,12,15H,4-8,10-11,13H2,1-3H3. The van der Waals surface area contributed by atoms with Crippen LogP contribution in [0.4, 0.5) is 0 Å². The summed E-state index contributed by atoms with van der Waals surface area (Å²) in [5.74, 6) is 0.672. The fourth-order valence-corrected chi connectivity index (χ4v) is 3.94. The van der Waals surface area contributed by atoms with E-state index in [9.17, 15) is 4.79 Å². The first-order chi connectivity index (χ1) is 12.4. The van der Waals surface area contributed by atoms with E-state index in [1.807, 2.05) is 36.7 Å². The van der Waals surface area contributed by atoms with Crippen LogP contribution in [0.25, 0.3) is 0 Å². The number of rotatable bonds is 6. The van der Waals surface area contributed by atoms with E-state index in [1.54, 1.807) is 10.9 Å². The first-order valence-corrected chi connectivity index (χ1v) is 9.75. The highest BCUT2D eigenvalue weighted by Gasteiger charge is 2.23. The van der Waals surface area contributed by atoms with Gasteiger partial charge in [-0.1, -0.05) is 30.9 Å². The van der Waals surface area contributed by atoms with Crippen LogP contribution in [0.5, 0.6) is 0 Å². The number of aromatic nitrogens is 4. The summed E-state index contributed by atoms with van der Waals surface area (Å²) in [6, 6.07) is 2.03. The maximum atomic E-state index is 13.0. The average Bonchev–Trinajstić information content (AvgIpc) is 3.08. The van der Waals surface area contributed by atoms with Crippen molar-refractivity contribution in [3.63, 3.8) is 0 Å². The number of amides is 1. The van der Waals surface area contributed by atoms with Crippen LogP contribution in [-0.2, 0) is 32.0 Å². The lowest BCUT2D eigenvalue weighted by Gasteiger charge is -2.26. The third-order valence-electron chi connectivity index (χ3n) is 5.25. The van der Waals surface area contributed by atoms with E-state index in [4.69, 9.17) is 11.6 Å². The quantitative estimate of drug-likeness (QED) is 0.772. The zero-order chi connectivity index (χ0) is 18.7.